The Morgan fingerprint density at radius 2 is 1.46 bits per heavy atom. The van der Waals surface area contributed by atoms with Gasteiger partial charge in [0.15, 0.2) is 11.6 Å². The van der Waals surface area contributed by atoms with Crippen LogP contribution >= 0.6 is 0 Å². The van der Waals surface area contributed by atoms with Gasteiger partial charge < -0.3 is 23.7 Å². The lowest BCUT2D eigenvalue weighted by Gasteiger charge is -2.52. The molecule has 0 unspecified atom stereocenters. The minimum atomic E-state index is -0.604. The number of Topliss-reactive ketones (excluding diaryl/α,β-unsaturated/α-hetero) is 1. The molecule has 0 atom stereocenters. The van der Waals surface area contributed by atoms with E-state index in [1.54, 1.807) is 6.08 Å². The third-order valence-corrected chi connectivity index (χ3v) is 6.56. The molecule has 2 aliphatic carbocycles. The fourth-order valence-corrected chi connectivity index (χ4v) is 4.51. The number of carbonyl (C=O) groups excluding carboxylic acids is 2. The summed E-state index contributed by atoms with van der Waals surface area (Å²) in [5.74, 6) is -1.17. The molecule has 7 nitrogen and oxygen atoms in total. The molecule has 0 aromatic carbocycles. The van der Waals surface area contributed by atoms with Gasteiger partial charge in [0, 0.05) is 38.5 Å². The lowest BCUT2D eigenvalue weighted by Crippen LogP contribution is -2.60. The Bertz CT molecular complexity index is 588. The van der Waals surface area contributed by atoms with Crippen LogP contribution in [0.2, 0.25) is 0 Å². The maximum absolute atomic E-state index is 12.0. The maximum Gasteiger partial charge on any atom is 0.309 e. The highest BCUT2D eigenvalue weighted by Crippen LogP contribution is 2.45. The first-order valence-corrected chi connectivity index (χ1v) is 10.3. The molecular weight excluding hydrogens is 364 g/mol. The second-order valence-corrected chi connectivity index (χ2v) is 8.71. The largest absolute Gasteiger partial charge is 0.461 e. The monoisotopic (exact) mass is 394 g/mol. The highest BCUT2D eigenvalue weighted by Gasteiger charge is 2.52. The molecule has 28 heavy (non-hydrogen) atoms. The van der Waals surface area contributed by atoms with Gasteiger partial charge in [0.25, 0.3) is 0 Å². The Hall–Kier alpha value is -1.28. The van der Waals surface area contributed by atoms with Gasteiger partial charge in [-0.3, -0.25) is 9.59 Å². The van der Waals surface area contributed by atoms with Crippen molar-refractivity contribution in [2.24, 2.45) is 11.3 Å². The molecule has 2 aliphatic heterocycles. The molecule has 2 heterocycles. The first kappa shape index (κ1) is 20.0. The van der Waals surface area contributed by atoms with Crippen molar-refractivity contribution in [2.75, 3.05) is 33.0 Å². The van der Waals surface area contributed by atoms with Crippen LogP contribution in [0.5, 0.6) is 0 Å². The Morgan fingerprint density at radius 1 is 0.964 bits per heavy atom. The van der Waals surface area contributed by atoms with E-state index in [1.807, 2.05) is 0 Å². The smallest absolute Gasteiger partial charge is 0.309 e. The average Bonchev–Trinajstić information content (AvgIpc) is 2.74. The van der Waals surface area contributed by atoms with Crippen molar-refractivity contribution >= 4 is 11.8 Å². The number of carbonyl (C=O) groups is 2. The Kier molecular flexibility index (Phi) is 5.62. The standard InChI is InChI=1S/C21H30O7/c1-2-11-24-18(23)16-3-7-20(8-4-16)25-12-19(13-26-20)14-27-21(28-15-19)9-5-17(22)6-10-21/h2,16H,1,3-15H2. The summed E-state index contributed by atoms with van der Waals surface area (Å²) >= 11 is 0. The van der Waals surface area contributed by atoms with Crippen LogP contribution in [0.1, 0.15) is 51.4 Å². The van der Waals surface area contributed by atoms with Crippen LogP contribution in [0.4, 0.5) is 0 Å². The molecule has 0 aromatic heterocycles. The quantitative estimate of drug-likeness (QED) is 0.537. The average molecular weight is 394 g/mol. The van der Waals surface area contributed by atoms with Gasteiger partial charge >= 0.3 is 5.97 Å². The van der Waals surface area contributed by atoms with Crippen molar-refractivity contribution in [3.05, 3.63) is 12.7 Å². The maximum atomic E-state index is 12.0. The third kappa shape index (κ3) is 4.03. The highest BCUT2D eigenvalue weighted by atomic mass is 16.7. The minimum Gasteiger partial charge on any atom is -0.461 e. The second-order valence-electron chi connectivity index (χ2n) is 8.71. The molecule has 4 aliphatic rings. The Balaban J connectivity index is 1.26. The predicted octanol–water partition coefficient (Wildman–Crippen LogP) is 2.52. The summed E-state index contributed by atoms with van der Waals surface area (Å²) in [7, 11) is 0. The number of ether oxygens (including phenoxy) is 5. The zero-order valence-corrected chi connectivity index (χ0v) is 16.4. The zero-order valence-electron chi connectivity index (χ0n) is 16.4. The summed E-state index contributed by atoms with van der Waals surface area (Å²) in [6.45, 7) is 5.91. The third-order valence-electron chi connectivity index (χ3n) is 6.56. The molecule has 0 amide bonds. The Labute approximate surface area is 165 Å². The summed E-state index contributed by atoms with van der Waals surface area (Å²) in [5.41, 5.74) is -0.294. The van der Waals surface area contributed by atoms with E-state index < -0.39 is 11.6 Å². The molecule has 4 rings (SSSR count). The van der Waals surface area contributed by atoms with Crippen molar-refractivity contribution in [3.63, 3.8) is 0 Å². The highest BCUT2D eigenvalue weighted by molar-refractivity contribution is 5.79. The molecule has 0 aromatic rings. The number of esters is 1. The molecular formula is C21H30O7. The van der Waals surface area contributed by atoms with Crippen molar-refractivity contribution in [2.45, 2.75) is 62.9 Å². The Morgan fingerprint density at radius 3 is 1.96 bits per heavy atom. The van der Waals surface area contributed by atoms with Crippen molar-refractivity contribution in [3.8, 4) is 0 Å². The lowest BCUT2D eigenvalue weighted by atomic mass is 9.82. The molecule has 156 valence electrons. The molecule has 0 radical (unpaired) electrons. The molecule has 2 saturated carbocycles. The first-order valence-electron chi connectivity index (χ1n) is 10.3. The van der Waals surface area contributed by atoms with Gasteiger partial charge in [0.05, 0.1) is 37.8 Å². The van der Waals surface area contributed by atoms with Gasteiger partial charge in [-0.05, 0) is 12.8 Å². The van der Waals surface area contributed by atoms with E-state index in [4.69, 9.17) is 23.7 Å². The van der Waals surface area contributed by atoms with Crippen LogP contribution in [-0.2, 0) is 33.3 Å². The van der Waals surface area contributed by atoms with E-state index in [1.165, 1.54) is 0 Å². The molecule has 4 fully saturated rings. The molecule has 3 spiro atoms. The molecule has 0 bridgehead atoms. The van der Waals surface area contributed by atoms with E-state index in [2.05, 4.69) is 6.58 Å². The summed E-state index contributed by atoms with van der Waals surface area (Å²) < 4.78 is 29.8. The van der Waals surface area contributed by atoms with Gasteiger partial charge in [-0.2, -0.15) is 0 Å². The zero-order chi connectivity index (χ0) is 19.7. The number of hydrogen-bond donors (Lipinski definition) is 0. The summed E-state index contributed by atoms with van der Waals surface area (Å²) in [6, 6.07) is 0. The lowest BCUT2D eigenvalue weighted by molar-refractivity contribution is -0.375. The molecule has 2 saturated heterocycles. The molecule has 7 heteroatoms. The van der Waals surface area contributed by atoms with Gasteiger partial charge in [0.1, 0.15) is 12.4 Å². The van der Waals surface area contributed by atoms with E-state index in [0.717, 1.165) is 0 Å². The van der Waals surface area contributed by atoms with Crippen molar-refractivity contribution in [1.29, 1.82) is 0 Å². The van der Waals surface area contributed by atoms with Gasteiger partial charge in [-0.1, -0.05) is 12.7 Å². The predicted molar refractivity (Wildman–Crippen MR) is 98.3 cm³/mol. The van der Waals surface area contributed by atoms with E-state index in [9.17, 15) is 9.59 Å². The fourth-order valence-electron chi connectivity index (χ4n) is 4.51. The number of ketones is 1. The van der Waals surface area contributed by atoms with E-state index in [-0.39, 0.29) is 29.7 Å². The fraction of sp³-hybridized carbons (Fsp3) is 0.810. The van der Waals surface area contributed by atoms with Crippen molar-refractivity contribution in [1.82, 2.24) is 0 Å². The first-order chi connectivity index (χ1) is 13.5. The number of rotatable bonds is 3. The SMILES string of the molecule is C=CCOC(=O)C1CCC2(CC1)OCC1(COC3(CCC(=O)CC3)OC1)CO2. The van der Waals surface area contributed by atoms with Gasteiger partial charge in [0.2, 0.25) is 0 Å². The topological polar surface area (TPSA) is 80.3 Å². The number of hydrogen-bond acceptors (Lipinski definition) is 7. The summed E-state index contributed by atoms with van der Waals surface area (Å²) in [4.78, 5) is 23.5. The van der Waals surface area contributed by atoms with Gasteiger partial charge in [-0.15, -0.1) is 0 Å². The molecule has 0 N–H and O–H groups in total. The summed E-state index contributed by atoms with van der Waals surface area (Å²) in [5, 5.41) is 0. The van der Waals surface area contributed by atoms with Crippen molar-refractivity contribution < 1.29 is 33.3 Å². The van der Waals surface area contributed by atoms with Gasteiger partial charge in [-0.25, -0.2) is 0 Å². The second kappa shape index (κ2) is 7.86. The van der Waals surface area contributed by atoms with Crippen LogP contribution in [0.25, 0.3) is 0 Å². The van der Waals surface area contributed by atoms with Crippen LogP contribution in [0.3, 0.4) is 0 Å². The van der Waals surface area contributed by atoms with Crippen LogP contribution in [-0.4, -0.2) is 56.4 Å². The van der Waals surface area contributed by atoms with E-state index >= 15 is 0 Å². The van der Waals surface area contributed by atoms with E-state index in [0.29, 0.717) is 77.8 Å². The van der Waals surface area contributed by atoms with Crippen LogP contribution in [0.15, 0.2) is 12.7 Å². The minimum absolute atomic E-state index is 0.0936. The van der Waals surface area contributed by atoms with Crippen LogP contribution in [0, 0.1) is 11.3 Å². The normalized spacial score (nSPS) is 29.1. The van der Waals surface area contributed by atoms with Crippen LogP contribution < -0.4 is 0 Å². The summed E-state index contributed by atoms with van der Waals surface area (Å²) in [6.07, 6.45) is 6.68.